The molecular weight excluding hydrogens is 396 g/mol. The second-order valence-electron chi connectivity index (χ2n) is 7.99. The van der Waals surface area contributed by atoms with Crippen molar-refractivity contribution in [3.05, 3.63) is 39.3 Å². The molecule has 0 bridgehead atoms. The molecule has 1 atom stereocenters. The largest absolute Gasteiger partial charge is 0.396 e. The topological polar surface area (TPSA) is 108 Å². The third-order valence-electron chi connectivity index (χ3n) is 5.63. The number of nitrogens with one attached hydrogen (secondary N) is 1. The molecule has 1 amide bonds. The number of hydrogen-bond acceptors (Lipinski definition) is 6. The Morgan fingerprint density at radius 3 is 2.55 bits per heavy atom. The maximum atomic E-state index is 13.1. The van der Waals surface area contributed by atoms with E-state index in [0.717, 1.165) is 30.6 Å². The Labute approximate surface area is 183 Å². The van der Waals surface area contributed by atoms with Gasteiger partial charge in [-0.15, -0.1) is 0 Å². The highest BCUT2D eigenvalue weighted by Gasteiger charge is 2.19. The van der Waals surface area contributed by atoms with E-state index in [4.69, 9.17) is 5.11 Å². The van der Waals surface area contributed by atoms with Gasteiger partial charge in [0.1, 0.15) is 0 Å². The van der Waals surface area contributed by atoms with E-state index in [0.29, 0.717) is 30.5 Å². The summed E-state index contributed by atoms with van der Waals surface area (Å²) in [6, 6.07) is 3.77. The van der Waals surface area contributed by atoms with Crippen molar-refractivity contribution in [1.29, 1.82) is 0 Å². The van der Waals surface area contributed by atoms with Crippen LogP contribution in [0.25, 0.3) is 11.0 Å². The minimum atomic E-state index is -0.720. The smallest absolute Gasteiger partial charge is 0.282 e. The minimum Gasteiger partial charge on any atom is -0.396 e. The lowest BCUT2D eigenvalue weighted by molar-refractivity contribution is 0.0941. The van der Waals surface area contributed by atoms with E-state index in [2.05, 4.69) is 29.0 Å². The fourth-order valence-electron chi connectivity index (χ4n) is 3.59. The average Bonchev–Trinajstić information content (AvgIpc) is 2.73. The second kappa shape index (κ2) is 11.9. The Balaban J connectivity index is 2.33. The molecule has 3 N–H and O–H groups in total. The van der Waals surface area contributed by atoms with Gasteiger partial charge in [0.25, 0.3) is 11.5 Å². The average molecular weight is 433 g/mol. The van der Waals surface area contributed by atoms with E-state index in [1.54, 1.807) is 0 Å². The third-order valence-corrected chi connectivity index (χ3v) is 5.63. The summed E-state index contributed by atoms with van der Waals surface area (Å²) >= 11 is 0. The Morgan fingerprint density at radius 2 is 1.90 bits per heavy atom. The number of carbonyl (C=O) groups is 1. The highest BCUT2D eigenvalue weighted by Crippen LogP contribution is 2.18. The minimum absolute atomic E-state index is 0.119. The summed E-state index contributed by atoms with van der Waals surface area (Å²) in [6.45, 7) is 11.2. The van der Waals surface area contributed by atoms with Gasteiger partial charge in [-0.05, 0) is 69.5 Å². The van der Waals surface area contributed by atoms with Crippen molar-refractivity contribution >= 4 is 16.9 Å². The molecule has 0 aliphatic heterocycles. The van der Waals surface area contributed by atoms with E-state index >= 15 is 0 Å². The van der Waals surface area contributed by atoms with E-state index < -0.39 is 17.6 Å². The fourth-order valence-corrected chi connectivity index (χ4v) is 3.59. The first-order valence-corrected chi connectivity index (χ1v) is 11.1. The van der Waals surface area contributed by atoms with Crippen LogP contribution in [0, 0.1) is 13.8 Å². The van der Waals surface area contributed by atoms with E-state index in [1.807, 2.05) is 26.0 Å². The Hall–Kier alpha value is -2.29. The normalized spacial score (nSPS) is 12.5. The van der Waals surface area contributed by atoms with Crippen LogP contribution in [-0.2, 0) is 6.54 Å². The van der Waals surface area contributed by atoms with Crippen molar-refractivity contribution in [1.82, 2.24) is 19.8 Å². The number of nitrogens with zero attached hydrogens (tertiary/aromatic N) is 3. The number of aliphatic hydroxyl groups excluding tert-OH is 2. The summed E-state index contributed by atoms with van der Waals surface area (Å²) < 4.78 is 1.51. The summed E-state index contributed by atoms with van der Waals surface area (Å²) in [6.07, 6.45) is 0.868. The van der Waals surface area contributed by atoms with Crippen LogP contribution in [0.4, 0.5) is 0 Å². The molecule has 0 spiro atoms. The molecule has 2 aromatic rings. The molecular formula is C23H36N4O4. The molecule has 1 heterocycles. The summed E-state index contributed by atoms with van der Waals surface area (Å²) in [4.78, 5) is 32.6. The molecule has 0 aliphatic carbocycles. The number of hydrogen-bond donors (Lipinski definition) is 3. The lowest BCUT2D eigenvalue weighted by Crippen LogP contribution is -2.39. The highest BCUT2D eigenvalue weighted by atomic mass is 16.3. The number of aryl methyl sites for hydroxylation is 3. The summed E-state index contributed by atoms with van der Waals surface area (Å²) in [7, 11) is 0. The predicted octanol–water partition coefficient (Wildman–Crippen LogP) is 1.61. The first-order chi connectivity index (χ1) is 14.8. The van der Waals surface area contributed by atoms with Crippen LogP contribution >= 0.6 is 0 Å². The molecule has 1 aromatic carbocycles. The van der Waals surface area contributed by atoms with Crippen LogP contribution < -0.4 is 10.9 Å². The molecule has 0 fully saturated rings. The van der Waals surface area contributed by atoms with Crippen molar-refractivity contribution in [2.75, 3.05) is 32.8 Å². The van der Waals surface area contributed by atoms with Crippen molar-refractivity contribution < 1.29 is 15.0 Å². The lowest BCUT2D eigenvalue weighted by atomic mass is 10.1. The summed E-state index contributed by atoms with van der Waals surface area (Å²) in [5, 5.41) is 21.9. The first-order valence-electron chi connectivity index (χ1n) is 11.1. The van der Waals surface area contributed by atoms with Gasteiger partial charge in [0.2, 0.25) is 0 Å². The molecule has 8 heteroatoms. The number of amides is 1. The zero-order valence-electron chi connectivity index (χ0n) is 19.1. The zero-order chi connectivity index (χ0) is 23.0. The molecule has 1 aromatic heterocycles. The zero-order valence-corrected chi connectivity index (χ0v) is 19.1. The van der Waals surface area contributed by atoms with Gasteiger partial charge >= 0.3 is 0 Å². The van der Waals surface area contributed by atoms with Crippen LogP contribution in [0.3, 0.4) is 0 Å². The molecule has 0 saturated heterocycles. The van der Waals surface area contributed by atoms with E-state index in [9.17, 15) is 14.7 Å². The van der Waals surface area contributed by atoms with Gasteiger partial charge in [0.15, 0.2) is 5.69 Å². The van der Waals surface area contributed by atoms with Crippen molar-refractivity contribution in [3.63, 3.8) is 0 Å². The Bertz CT molecular complexity index is 941. The van der Waals surface area contributed by atoms with Gasteiger partial charge in [-0.3, -0.25) is 9.59 Å². The lowest BCUT2D eigenvalue weighted by Gasteiger charge is -2.19. The number of rotatable bonds is 12. The molecule has 0 radical (unpaired) electrons. The highest BCUT2D eigenvalue weighted by molar-refractivity contribution is 5.94. The number of aromatic nitrogens is 2. The van der Waals surface area contributed by atoms with Crippen LogP contribution in [-0.4, -0.2) is 69.5 Å². The van der Waals surface area contributed by atoms with Crippen LogP contribution in [0.15, 0.2) is 16.9 Å². The van der Waals surface area contributed by atoms with Gasteiger partial charge < -0.3 is 25.0 Å². The van der Waals surface area contributed by atoms with E-state index in [-0.39, 0.29) is 25.3 Å². The molecule has 31 heavy (non-hydrogen) atoms. The summed E-state index contributed by atoms with van der Waals surface area (Å²) in [5.74, 6) is -0.484. The maximum absolute atomic E-state index is 13.1. The number of benzene rings is 1. The quantitative estimate of drug-likeness (QED) is 0.470. The molecule has 172 valence electrons. The SMILES string of the molecule is CCCN(CC)CCNC(=O)c1nc2cc(C)c(C)cc2n(CCC(O)CCO)c1=O. The fraction of sp³-hybridized carbons (Fsp3) is 0.609. The third kappa shape index (κ3) is 6.59. The van der Waals surface area contributed by atoms with E-state index in [1.165, 1.54) is 4.57 Å². The van der Waals surface area contributed by atoms with Gasteiger partial charge in [-0.1, -0.05) is 13.8 Å². The van der Waals surface area contributed by atoms with Crippen LogP contribution in [0.1, 0.15) is 54.7 Å². The van der Waals surface area contributed by atoms with Gasteiger partial charge in [-0.2, -0.15) is 0 Å². The van der Waals surface area contributed by atoms with Gasteiger partial charge in [-0.25, -0.2) is 4.98 Å². The number of likely N-dealkylation sites (N-methyl/N-ethyl adjacent to an activating group) is 1. The second-order valence-corrected chi connectivity index (χ2v) is 7.99. The van der Waals surface area contributed by atoms with Crippen LogP contribution in [0.2, 0.25) is 0 Å². The predicted molar refractivity (Wildman–Crippen MR) is 123 cm³/mol. The van der Waals surface area contributed by atoms with Crippen molar-refractivity contribution in [2.45, 2.75) is 59.6 Å². The Morgan fingerprint density at radius 1 is 1.19 bits per heavy atom. The van der Waals surface area contributed by atoms with Gasteiger partial charge in [0, 0.05) is 26.2 Å². The standard InChI is InChI=1S/C23H36N4O4/c1-5-10-26(6-2)12-9-24-22(30)21-23(31)27(11-7-18(29)8-13-28)20-15-17(4)16(3)14-19(20)25-21/h14-15,18,28-29H,5-13H2,1-4H3,(H,24,30). The monoisotopic (exact) mass is 432 g/mol. The van der Waals surface area contributed by atoms with Gasteiger partial charge in [0.05, 0.1) is 17.1 Å². The molecule has 0 aliphatic rings. The molecule has 1 unspecified atom stereocenters. The molecule has 0 saturated carbocycles. The summed E-state index contributed by atoms with van der Waals surface area (Å²) in [5.41, 5.74) is 2.66. The van der Waals surface area contributed by atoms with Crippen molar-refractivity contribution in [3.8, 4) is 0 Å². The number of aliphatic hydroxyl groups is 2. The van der Waals surface area contributed by atoms with Crippen molar-refractivity contribution in [2.24, 2.45) is 0 Å². The number of fused-ring (bicyclic) bond motifs is 1. The van der Waals surface area contributed by atoms with Crippen LogP contribution in [0.5, 0.6) is 0 Å². The first kappa shape index (κ1) is 25.0. The molecule has 8 nitrogen and oxygen atoms in total. The maximum Gasteiger partial charge on any atom is 0.282 e. The number of carbonyl (C=O) groups excluding carboxylic acids is 1. The molecule has 2 rings (SSSR count). The Kier molecular flexibility index (Phi) is 9.61.